The average molecular weight is 230 g/mol. The lowest BCUT2D eigenvalue weighted by molar-refractivity contribution is -0.120. The van der Waals surface area contributed by atoms with Gasteiger partial charge in [0.15, 0.2) is 0 Å². The van der Waals surface area contributed by atoms with Crippen LogP contribution in [0, 0.1) is 5.92 Å². The summed E-state index contributed by atoms with van der Waals surface area (Å²) >= 11 is 0. The topological polar surface area (TPSA) is 43.4 Å². The fraction of sp³-hybridized carbons (Fsp3) is 0.909. The summed E-state index contributed by atoms with van der Waals surface area (Å²) in [5.74, 6) is 0.263. The molecule has 0 N–H and O–H groups in total. The zero-order valence-corrected chi connectivity index (χ0v) is 10.1. The Hall–Kier alpha value is -0.220. The van der Waals surface area contributed by atoms with Gasteiger partial charge in [0.1, 0.15) is 5.78 Å². The molecule has 5 atom stereocenters. The molecule has 1 saturated heterocycles. The van der Waals surface area contributed by atoms with Gasteiger partial charge >= 0.3 is 0 Å². The van der Waals surface area contributed by atoms with E-state index >= 15 is 0 Å². The van der Waals surface area contributed by atoms with Crippen LogP contribution in [0.3, 0.4) is 0 Å². The quantitative estimate of drug-likeness (QED) is 0.717. The zero-order chi connectivity index (χ0) is 11.0. The Morgan fingerprint density at radius 1 is 1.27 bits per heavy atom. The molecule has 1 heterocycles. The van der Waals surface area contributed by atoms with Crippen LogP contribution in [0.4, 0.5) is 0 Å². The summed E-state index contributed by atoms with van der Waals surface area (Å²) in [6.45, 7) is 4.61. The largest absolute Gasteiger partial charge is 0.377 e. The fourth-order valence-electron chi connectivity index (χ4n) is 2.53. The van der Waals surface area contributed by atoms with Crippen LogP contribution in [-0.2, 0) is 20.3 Å². The molecule has 2 fully saturated rings. The van der Waals surface area contributed by atoms with Gasteiger partial charge in [0.25, 0.3) is 0 Å². The van der Waals surface area contributed by atoms with Gasteiger partial charge in [-0.05, 0) is 19.8 Å². The minimum absolute atomic E-state index is 0.0152. The summed E-state index contributed by atoms with van der Waals surface area (Å²) in [6, 6.07) is 0. The van der Waals surface area contributed by atoms with E-state index in [4.69, 9.17) is 4.74 Å². The van der Waals surface area contributed by atoms with Crippen LogP contribution in [0.1, 0.15) is 33.1 Å². The summed E-state index contributed by atoms with van der Waals surface area (Å²) in [4.78, 5) is 11.4. The summed E-state index contributed by atoms with van der Waals surface area (Å²) in [6.07, 6.45) is 2.38. The maximum atomic E-state index is 12.3. The van der Waals surface area contributed by atoms with Crippen molar-refractivity contribution in [3.8, 4) is 0 Å². The maximum absolute atomic E-state index is 12.3. The van der Waals surface area contributed by atoms with Crippen molar-refractivity contribution >= 4 is 16.6 Å². The molecule has 1 aliphatic carbocycles. The zero-order valence-electron chi connectivity index (χ0n) is 9.27. The lowest BCUT2D eigenvalue weighted by Gasteiger charge is -2.20. The van der Waals surface area contributed by atoms with E-state index in [0.717, 1.165) is 12.8 Å². The first-order chi connectivity index (χ1) is 7.11. The van der Waals surface area contributed by atoms with Gasteiger partial charge in [0.05, 0.1) is 11.4 Å². The first-order valence-corrected chi connectivity index (χ1v) is 6.92. The molecule has 0 aromatic rings. The average Bonchev–Trinajstić information content (AvgIpc) is 2.75. The SMILES string of the molecule is CC1OCCC1S(=O)C1CCC(=O)C1C. The van der Waals surface area contributed by atoms with Crippen LogP contribution >= 0.6 is 0 Å². The third kappa shape index (κ3) is 2.02. The normalized spacial score (nSPS) is 43.5. The summed E-state index contributed by atoms with van der Waals surface area (Å²) < 4.78 is 17.7. The van der Waals surface area contributed by atoms with Crippen molar-refractivity contribution < 1.29 is 13.7 Å². The Balaban J connectivity index is 2.05. The highest BCUT2D eigenvalue weighted by molar-refractivity contribution is 7.86. The van der Waals surface area contributed by atoms with E-state index in [1.807, 2.05) is 13.8 Å². The van der Waals surface area contributed by atoms with E-state index in [9.17, 15) is 9.00 Å². The van der Waals surface area contributed by atoms with Crippen molar-refractivity contribution in [2.45, 2.75) is 49.7 Å². The molecule has 0 spiro atoms. The number of ether oxygens (including phenoxy) is 1. The number of ketones is 1. The van der Waals surface area contributed by atoms with Crippen LogP contribution in [-0.4, -0.2) is 33.2 Å². The van der Waals surface area contributed by atoms with Gasteiger partial charge in [-0.25, -0.2) is 0 Å². The molecule has 0 amide bonds. The number of hydrogen-bond donors (Lipinski definition) is 0. The number of carbonyl (C=O) groups is 1. The highest BCUT2D eigenvalue weighted by atomic mass is 32.2. The van der Waals surface area contributed by atoms with Gasteiger partial charge in [0.2, 0.25) is 0 Å². The van der Waals surface area contributed by atoms with Gasteiger partial charge in [0, 0.05) is 35.0 Å². The number of hydrogen-bond acceptors (Lipinski definition) is 3. The minimum atomic E-state index is -0.897. The molecule has 0 aromatic heterocycles. The van der Waals surface area contributed by atoms with E-state index < -0.39 is 10.8 Å². The molecule has 4 heteroatoms. The summed E-state index contributed by atoms with van der Waals surface area (Å²) in [5, 5.41) is 0.218. The molecule has 0 radical (unpaired) electrons. The smallest absolute Gasteiger partial charge is 0.136 e. The molecule has 2 aliphatic rings. The Labute approximate surface area is 93.0 Å². The molecule has 1 saturated carbocycles. The van der Waals surface area contributed by atoms with Crippen LogP contribution in [0.2, 0.25) is 0 Å². The Kier molecular flexibility index (Phi) is 3.26. The second kappa shape index (κ2) is 4.34. The van der Waals surface area contributed by atoms with Crippen LogP contribution in [0.15, 0.2) is 0 Å². The van der Waals surface area contributed by atoms with Gasteiger partial charge < -0.3 is 4.74 Å². The molecular formula is C11H18O3S. The van der Waals surface area contributed by atoms with Crippen LogP contribution in [0.5, 0.6) is 0 Å². The number of rotatable bonds is 2. The first-order valence-electron chi connectivity index (χ1n) is 5.65. The summed E-state index contributed by atoms with van der Waals surface area (Å²) in [5.41, 5.74) is 0. The first kappa shape index (κ1) is 11.3. The van der Waals surface area contributed by atoms with Crippen molar-refractivity contribution in [3.05, 3.63) is 0 Å². The highest BCUT2D eigenvalue weighted by Crippen LogP contribution is 2.31. The Bertz CT molecular complexity index is 290. The van der Waals surface area contributed by atoms with E-state index in [-0.39, 0.29) is 28.3 Å². The molecule has 86 valence electrons. The van der Waals surface area contributed by atoms with Gasteiger partial charge in [-0.2, -0.15) is 0 Å². The molecular weight excluding hydrogens is 212 g/mol. The Morgan fingerprint density at radius 3 is 2.47 bits per heavy atom. The van der Waals surface area contributed by atoms with Gasteiger partial charge in [-0.15, -0.1) is 0 Å². The third-order valence-corrected chi connectivity index (χ3v) is 6.10. The predicted molar refractivity (Wildman–Crippen MR) is 59.2 cm³/mol. The van der Waals surface area contributed by atoms with Crippen molar-refractivity contribution in [2.75, 3.05) is 6.61 Å². The van der Waals surface area contributed by atoms with Crippen molar-refractivity contribution in [3.63, 3.8) is 0 Å². The van der Waals surface area contributed by atoms with Gasteiger partial charge in [-0.3, -0.25) is 9.00 Å². The highest BCUT2D eigenvalue weighted by Gasteiger charge is 2.41. The van der Waals surface area contributed by atoms with E-state index in [2.05, 4.69) is 0 Å². The van der Waals surface area contributed by atoms with E-state index in [0.29, 0.717) is 13.0 Å². The molecule has 15 heavy (non-hydrogen) atoms. The molecule has 0 bridgehead atoms. The molecule has 3 nitrogen and oxygen atoms in total. The standard InChI is InChI=1S/C11H18O3S/c1-7-9(12)3-4-10(7)15(13)11-5-6-14-8(11)2/h7-8,10-11H,3-6H2,1-2H3. The minimum Gasteiger partial charge on any atom is -0.377 e. The second-order valence-electron chi connectivity index (χ2n) is 4.56. The molecule has 1 aliphatic heterocycles. The number of Topliss-reactive ketones (excluding diaryl/α,β-unsaturated/α-hetero) is 1. The lowest BCUT2D eigenvalue weighted by Crippen LogP contribution is -2.33. The van der Waals surface area contributed by atoms with Crippen LogP contribution < -0.4 is 0 Å². The Morgan fingerprint density at radius 2 is 2.00 bits per heavy atom. The fourth-order valence-corrected chi connectivity index (χ4v) is 4.67. The lowest BCUT2D eigenvalue weighted by atomic mass is 10.1. The second-order valence-corrected chi connectivity index (χ2v) is 6.43. The number of carbonyl (C=O) groups excluding carboxylic acids is 1. The molecule has 5 unspecified atom stereocenters. The predicted octanol–water partition coefficient (Wildman–Crippen LogP) is 1.28. The monoisotopic (exact) mass is 230 g/mol. The third-order valence-electron chi connectivity index (χ3n) is 3.64. The van der Waals surface area contributed by atoms with Crippen molar-refractivity contribution in [1.82, 2.24) is 0 Å². The van der Waals surface area contributed by atoms with Gasteiger partial charge in [-0.1, -0.05) is 6.92 Å². The van der Waals surface area contributed by atoms with E-state index in [1.54, 1.807) is 0 Å². The maximum Gasteiger partial charge on any atom is 0.136 e. The molecule has 0 aromatic carbocycles. The molecule has 2 rings (SSSR count). The van der Waals surface area contributed by atoms with Crippen molar-refractivity contribution in [2.24, 2.45) is 5.92 Å². The van der Waals surface area contributed by atoms with Crippen LogP contribution in [0.25, 0.3) is 0 Å². The van der Waals surface area contributed by atoms with E-state index in [1.165, 1.54) is 0 Å². The summed E-state index contributed by atoms with van der Waals surface area (Å²) in [7, 11) is -0.897. The van der Waals surface area contributed by atoms with Crippen molar-refractivity contribution in [1.29, 1.82) is 0 Å².